The van der Waals surface area contributed by atoms with Crippen molar-refractivity contribution in [1.82, 2.24) is 5.32 Å². The number of hydrogen-bond donors (Lipinski definition) is 1. The van der Waals surface area contributed by atoms with Gasteiger partial charge in [0.2, 0.25) is 0 Å². The molecule has 1 aromatic rings. The van der Waals surface area contributed by atoms with Gasteiger partial charge < -0.3 is 5.32 Å². The lowest BCUT2D eigenvalue weighted by Crippen LogP contribution is -2.17. The maximum atomic E-state index is 13.3. The molecule has 0 amide bonds. The fourth-order valence-corrected chi connectivity index (χ4v) is 1.41. The summed E-state index contributed by atoms with van der Waals surface area (Å²) in [6, 6.07) is 4.74. The smallest absolute Gasteiger partial charge is 0.267 e. The van der Waals surface area contributed by atoms with E-state index in [1.54, 1.807) is 12.1 Å². The second kappa shape index (κ2) is 6.55. The Morgan fingerprint density at radius 2 is 2.12 bits per heavy atom. The highest BCUT2D eigenvalue weighted by molar-refractivity contribution is 6.30. The molecule has 0 heterocycles. The summed E-state index contributed by atoms with van der Waals surface area (Å²) in [4.78, 5) is 0. The quantitative estimate of drug-likeness (QED) is 0.789. The molecule has 1 N–H and O–H groups in total. The SMILES string of the molecule is FC(F)=CCNCCc1cccc(Cl)c1F. The predicted molar refractivity (Wildman–Crippen MR) is 58.3 cm³/mol. The summed E-state index contributed by atoms with van der Waals surface area (Å²) in [6.45, 7) is 0.492. The molecule has 1 nitrogen and oxygen atoms in total. The van der Waals surface area contributed by atoms with Crippen molar-refractivity contribution in [3.63, 3.8) is 0 Å². The highest BCUT2D eigenvalue weighted by Gasteiger charge is 2.04. The van der Waals surface area contributed by atoms with Crippen LogP contribution in [0.4, 0.5) is 13.2 Å². The van der Waals surface area contributed by atoms with Crippen LogP contribution in [0.25, 0.3) is 0 Å². The van der Waals surface area contributed by atoms with Crippen molar-refractivity contribution in [2.45, 2.75) is 6.42 Å². The number of rotatable bonds is 5. The lowest BCUT2D eigenvalue weighted by Gasteiger charge is -2.04. The van der Waals surface area contributed by atoms with Gasteiger partial charge in [0.1, 0.15) is 5.82 Å². The van der Waals surface area contributed by atoms with Gasteiger partial charge in [0.25, 0.3) is 6.08 Å². The van der Waals surface area contributed by atoms with E-state index >= 15 is 0 Å². The van der Waals surface area contributed by atoms with E-state index in [-0.39, 0.29) is 11.6 Å². The van der Waals surface area contributed by atoms with E-state index < -0.39 is 11.9 Å². The van der Waals surface area contributed by atoms with Crippen molar-refractivity contribution in [3.8, 4) is 0 Å². The van der Waals surface area contributed by atoms with Crippen molar-refractivity contribution in [1.29, 1.82) is 0 Å². The summed E-state index contributed by atoms with van der Waals surface area (Å²) < 4.78 is 36.6. The Labute approximate surface area is 96.9 Å². The molecule has 0 spiro atoms. The molecule has 5 heteroatoms. The van der Waals surface area contributed by atoms with Crippen LogP contribution in [0.15, 0.2) is 30.4 Å². The van der Waals surface area contributed by atoms with E-state index in [0.29, 0.717) is 18.5 Å². The Morgan fingerprint density at radius 3 is 2.81 bits per heavy atom. The zero-order valence-corrected chi connectivity index (χ0v) is 9.20. The average molecular weight is 250 g/mol. The fourth-order valence-electron chi connectivity index (χ4n) is 1.22. The number of halogens is 4. The lowest BCUT2D eigenvalue weighted by atomic mass is 10.1. The fraction of sp³-hybridized carbons (Fsp3) is 0.273. The van der Waals surface area contributed by atoms with Crippen LogP contribution in [0.3, 0.4) is 0 Å². The standard InChI is InChI=1S/C11H11ClF3N/c12-9-3-1-2-8(11(9)15)4-6-16-7-5-10(13)14/h1-3,5,16H,4,6-7H2. The minimum Gasteiger partial charge on any atom is -0.313 e. The summed E-state index contributed by atoms with van der Waals surface area (Å²) in [5.74, 6) is -0.446. The van der Waals surface area contributed by atoms with Crippen LogP contribution >= 0.6 is 11.6 Å². The molecule has 0 radical (unpaired) electrons. The van der Waals surface area contributed by atoms with Gasteiger partial charge in [-0.05, 0) is 30.7 Å². The Balaban J connectivity index is 2.38. The number of benzene rings is 1. The number of hydrogen-bond acceptors (Lipinski definition) is 1. The summed E-state index contributed by atoms with van der Waals surface area (Å²) >= 11 is 5.59. The Bertz CT molecular complexity index is 375. The van der Waals surface area contributed by atoms with Crippen molar-refractivity contribution in [2.75, 3.05) is 13.1 Å². The topological polar surface area (TPSA) is 12.0 Å². The van der Waals surface area contributed by atoms with Crippen molar-refractivity contribution in [2.24, 2.45) is 0 Å². The molecule has 0 saturated heterocycles. The molecule has 0 unspecified atom stereocenters. The Morgan fingerprint density at radius 1 is 1.38 bits per heavy atom. The van der Waals surface area contributed by atoms with Gasteiger partial charge in [0.15, 0.2) is 0 Å². The molecule has 1 aromatic carbocycles. The molecule has 0 aliphatic carbocycles. The molecule has 0 aliphatic rings. The molecular formula is C11H11ClF3N. The monoisotopic (exact) mass is 249 g/mol. The first-order valence-electron chi connectivity index (χ1n) is 4.76. The van der Waals surface area contributed by atoms with Gasteiger partial charge >= 0.3 is 0 Å². The van der Waals surface area contributed by atoms with Crippen LogP contribution < -0.4 is 5.32 Å². The highest BCUT2D eigenvalue weighted by Crippen LogP contribution is 2.17. The third-order valence-electron chi connectivity index (χ3n) is 2.00. The maximum absolute atomic E-state index is 13.3. The van der Waals surface area contributed by atoms with Crippen molar-refractivity contribution >= 4 is 11.6 Å². The van der Waals surface area contributed by atoms with Gasteiger partial charge in [-0.3, -0.25) is 0 Å². The first-order chi connectivity index (χ1) is 7.61. The van der Waals surface area contributed by atoms with Crippen LogP contribution in [0.2, 0.25) is 5.02 Å². The van der Waals surface area contributed by atoms with E-state index in [4.69, 9.17) is 11.6 Å². The van der Waals surface area contributed by atoms with Crippen LogP contribution in [-0.4, -0.2) is 13.1 Å². The largest absolute Gasteiger partial charge is 0.313 e. The van der Waals surface area contributed by atoms with E-state index in [0.717, 1.165) is 6.08 Å². The highest BCUT2D eigenvalue weighted by atomic mass is 35.5. The van der Waals surface area contributed by atoms with Crippen molar-refractivity contribution in [3.05, 3.63) is 46.8 Å². The van der Waals surface area contributed by atoms with Crippen LogP contribution in [0, 0.1) is 5.82 Å². The summed E-state index contributed by atoms with van der Waals surface area (Å²) in [6.07, 6.45) is -0.538. The van der Waals surface area contributed by atoms with Gasteiger partial charge in [-0.1, -0.05) is 23.7 Å². The Hall–Kier alpha value is -1.00. The number of nitrogens with one attached hydrogen (secondary N) is 1. The molecule has 0 bridgehead atoms. The zero-order valence-electron chi connectivity index (χ0n) is 8.44. The van der Waals surface area contributed by atoms with Gasteiger partial charge in [-0.25, -0.2) is 4.39 Å². The van der Waals surface area contributed by atoms with Crippen LogP contribution in [0.1, 0.15) is 5.56 Å². The van der Waals surface area contributed by atoms with Gasteiger partial charge in [-0.2, -0.15) is 8.78 Å². The minimum absolute atomic E-state index is 0.0739. The Kier molecular flexibility index (Phi) is 5.35. The second-order valence-corrected chi connectivity index (χ2v) is 3.57. The van der Waals surface area contributed by atoms with E-state index in [1.165, 1.54) is 6.07 Å². The van der Waals surface area contributed by atoms with E-state index in [2.05, 4.69) is 5.32 Å². The molecule has 0 saturated carbocycles. The zero-order chi connectivity index (χ0) is 12.0. The van der Waals surface area contributed by atoms with Crippen LogP contribution in [-0.2, 0) is 6.42 Å². The van der Waals surface area contributed by atoms with Gasteiger partial charge in [0.05, 0.1) is 5.02 Å². The van der Waals surface area contributed by atoms with E-state index in [9.17, 15) is 13.2 Å². The maximum Gasteiger partial charge on any atom is 0.267 e. The molecule has 0 atom stereocenters. The minimum atomic E-state index is -1.72. The first-order valence-corrected chi connectivity index (χ1v) is 5.14. The molecule has 0 fully saturated rings. The van der Waals surface area contributed by atoms with E-state index in [1.807, 2.05) is 0 Å². The normalized spacial score (nSPS) is 10.2. The van der Waals surface area contributed by atoms with Gasteiger partial charge in [-0.15, -0.1) is 0 Å². The van der Waals surface area contributed by atoms with Crippen molar-refractivity contribution < 1.29 is 13.2 Å². The molecule has 0 aromatic heterocycles. The summed E-state index contributed by atoms with van der Waals surface area (Å²) in [5.41, 5.74) is 0.477. The van der Waals surface area contributed by atoms with Crippen LogP contribution in [0.5, 0.6) is 0 Å². The molecule has 0 aliphatic heterocycles. The third-order valence-corrected chi connectivity index (χ3v) is 2.30. The molecule has 1 rings (SSSR count). The third kappa shape index (κ3) is 4.24. The first kappa shape index (κ1) is 13.1. The summed E-state index contributed by atoms with van der Waals surface area (Å²) in [7, 11) is 0. The van der Waals surface area contributed by atoms with Gasteiger partial charge in [0, 0.05) is 6.54 Å². The molecule has 88 valence electrons. The lowest BCUT2D eigenvalue weighted by molar-refractivity contribution is 0.417. The second-order valence-electron chi connectivity index (χ2n) is 3.16. The summed E-state index contributed by atoms with van der Waals surface area (Å²) in [5, 5.41) is 2.82. The molecular weight excluding hydrogens is 239 g/mol. The average Bonchev–Trinajstić information content (AvgIpc) is 2.23. The predicted octanol–water partition coefficient (Wildman–Crippen LogP) is 3.39. The molecule has 16 heavy (non-hydrogen) atoms.